The van der Waals surface area contributed by atoms with Gasteiger partial charge in [0.15, 0.2) is 0 Å². The van der Waals surface area contributed by atoms with Crippen LogP contribution in [0.3, 0.4) is 0 Å². The van der Waals surface area contributed by atoms with E-state index in [1.165, 1.54) is 11.8 Å². The highest BCUT2D eigenvalue weighted by atomic mass is 32.2. The van der Waals surface area contributed by atoms with E-state index in [-0.39, 0.29) is 18.7 Å². The lowest BCUT2D eigenvalue weighted by Gasteiger charge is -2.06. The molecule has 2 N–H and O–H groups in total. The van der Waals surface area contributed by atoms with E-state index >= 15 is 0 Å². The number of alkyl halides is 3. The minimum Gasteiger partial charge on any atom is -0.481 e. The van der Waals surface area contributed by atoms with Crippen LogP contribution < -0.4 is 5.32 Å². The number of aliphatic carboxylic acids is 1. The first-order valence-corrected chi connectivity index (χ1v) is 5.14. The number of nitrogens with one attached hydrogen (secondary N) is 1. The summed E-state index contributed by atoms with van der Waals surface area (Å²) < 4.78 is 34.9. The zero-order valence-corrected chi connectivity index (χ0v) is 8.45. The quantitative estimate of drug-likeness (QED) is 0.681. The number of carbonyl (C=O) groups is 2. The van der Waals surface area contributed by atoms with Gasteiger partial charge in [0.05, 0.1) is 6.42 Å². The molecule has 0 rings (SSSR count). The Kier molecular flexibility index (Phi) is 6.14. The largest absolute Gasteiger partial charge is 0.481 e. The molecule has 0 unspecified atom stereocenters. The maximum atomic E-state index is 11.6. The first kappa shape index (κ1) is 14.1. The molecule has 15 heavy (non-hydrogen) atoms. The SMILES string of the molecule is O=C(O)CCSCCNC(=O)C(F)(F)F. The fourth-order valence-corrected chi connectivity index (χ4v) is 1.37. The van der Waals surface area contributed by atoms with Crippen LogP contribution in [0.4, 0.5) is 13.2 Å². The molecule has 88 valence electrons. The molecule has 8 heteroatoms. The summed E-state index contributed by atoms with van der Waals surface area (Å²) in [5, 5.41) is 9.91. The van der Waals surface area contributed by atoms with E-state index in [1.54, 1.807) is 5.32 Å². The van der Waals surface area contributed by atoms with E-state index < -0.39 is 18.1 Å². The summed E-state index contributed by atoms with van der Waals surface area (Å²) in [6.45, 7) is -0.122. The Labute approximate surface area is 88.2 Å². The lowest BCUT2D eigenvalue weighted by atomic mass is 10.5. The van der Waals surface area contributed by atoms with Gasteiger partial charge in [-0.3, -0.25) is 9.59 Å². The molecule has 4 nitrogen and oxygen atoms in total. The summed E-state index contributed by atoms with van der Waals surface area (Å²) in [4.78, 5) is 20.3. The van der Waals surface area contributed by atoms with Crippen molar-refractivity contribution in [3.8, 4) is 0 Å². The van der Waals surface area contributed by atoms with Gasteiger partial charge in [-0.2, -0.15) is 24.9 Å². The van der Waals surface area contributed by atoms with Crippen molar-refractivity contribution in [1.29, 1.82) is 0 Å². The molecule has 0 radical (unpaired) electrons. The Morgan fingerprint density at radius 3 is 2.33 bits per heavy atom. The summed E-state index contributed by atoms with van der Waals surface area (Å²) in [5.74, 6) is -2.35. The van der Waals surface area contributed by atoms with Gasteiger partial charge in [0.2, 0.25) is 0 Å². The second-order valence-electron chi connectivity index (χ2n) is 2.51. The molecule has 0 atom stereocenters. The lowest BCUT2D eigenvalue weighted by Crippen LogP contribution is -2.37. The third-order valence-electron chi connectivity index (χ3n) is 1.25. The van der Waals surface area contributed by atoms with Crippen molar-refractivity contribution < 1.29 is 27.9 Å². The maximum absolute atomic E-state index is 11.6. The number of halogens is 3. The molecule has 0 aliphatic carbocycles. The summed E-state index contributed by atoms with van der Waals surface area (Å²) >= 11 is 1.17. The molecule has 0 saturated heterocycles. The minimum absolute atomic E-state index is 0.0438. The summed E-state index contributed by atoms with van der Waals surface area (Å²) in [6, 6.07) is 0. The highest BCUT2D eigenvalue weighted by molar-refractivity contribution is 7.99. The van der Waals surface area contributed by atoms with Gasteiger partial charge in [-0.15, -0.1) is 0 Å². The smallest absolute Gasteiger partial charge is 0.471 e. The monoisotopic (exact) mass is 245 g/mol. The summed E-state index contributed by atoms with van der Waals surface area (Å²) in [5.41, 5.74) is 0. The van der Waals surface area contributed by atoms with Crippen LogP contribution in [0.25, 0.3) is 0 Å². The fourth-order valence-electron chi connectivity index (χ4n) is 0.598. The highest BCUT2D eigenvalue weighted by Crippen LogP contribution is 2.13. The van der Waals surface area contributed by atoms with Crippen LogP contribution in [0.5, 0.6) is 0 Å². The van der Waals surface area contributed by atoms with Crippen molar-refractivity contribution in [2.45, 2.75) is 12.6 Å². The third kappa shape index (κ3) is 8.10. The molecule has 0 fully saturated rings. The molecule has 0 spiro atoms. The van der Waals surface area contributed by atoms with Crippen molar-refractivity contribution in [3.05, 3.63) is 0 Å². The standard InChI is InChI=1S/C7H10F3NO3S/c8-7(9,10)6(14)11-2-4-15-3-1-5(12)13/h1-4H2,(H,11,14)(H,12,13). The average molecular weight is 245 g/mol. The molecule has 0 heterocycles. The number of hydrogen-bond acceptors (Lipinski definition) is 3. The van der Waals surface area contributed by atoms with Crippen LogP contribution in [0, 0.1) is 0 Å². The molecule has 0 aromatic carbocycles. The van der Waals surface area contributed by atoms with Crippen molar-refractivity contribution >= 4 is 23.6 Å². The predicted molar refractivity (Wildman–Crippen MR) is 48.6 cm³/mol. The van der Waals surface area contributed by atoms with E-state index in [9.17, 15) is 22.8 Å². The lowest BCUT2D eigenvalue weighted by molar-refractivity contribution is -0.173. The van der Waals surface area contributed by atoms with Crippen LogP contribution >= 0.6 is 11.8 Å². The van der Waals surface area contributed by atoms with E-state index in [4.69, 9.17) is 5.11 Å². The second kappa shape index (κ2) is 6.54. The van der Waals surface area contributed by atoms with Crippen LogP contribution in [0.2, 0.25) is 0 Å². The number of hydrogen-bond donors (Lipinski definition) is 2. The Balaban J connectivity index is 3.40. The summed E-state index contributed by atoms with van der Waals surface area (Å²) in [7, 11) is 0. The molecule has 1 amide bonds. The van der Waals surface area contributed by atoms with Gasteiger partial charge in [0.25, 0.3) is 0 Å². The number of amides is 1. The van der Waals surface area contributed by atoms with Crippen LogP contribution in [-0.4, -0.2) is 41.2 Å². The second-order valence-corrected chi connectivity index (χ2v) is 3.73. The molecule has 0 aliphatic rings. The number of carboxylic acids is 1. The number of carboxylic acid groups (broad SMARTS) is 1. The van der Waals surface area contributed by atoms with Gasteiger partial charge in [0.1, 0.15) is 0 Å². The zero-order valence-electron chi connectivity index (χ0n) is 7.63. The molecular weight excluding hydrogens is 235 g/mol. The van der Waals surface area contributed by atoms with Crippen LogP contribution in [-0.2, 0) is 9.59 Å². The Hall–Kier alpha value is -0.920. The van der Waals surface area contributed by atoms with Gasteiger partial charge < -0.3 is 10.4 Å². The molecule has 0 bridgehead atoms. The van der Waals surface area contributed by atoms with Gasteiger partial charge in [-0.05, 0) is 0 Å². The van der Waals surface area contributed by atoms with Gasteiger partial charge in [-0.1, -0.05) is 0 Å². The summed E-state index contributed by atoms with van der Waals surface area (Å²) in [6.07, 6.45) is -4.90. The zero-order chi connectivity index (χ0) is 11.9. The van der Waals surface area contributed by atoms with E-state index in [1.807, 2.05) is 0 Å². The van der Waals surface area contributed by atoms with Crippen molar-refractivity contribution in [3.63, 3.8) is 0 Å². The first-order chi connectivity index (χ1) is 6.84. The van der Waals surface area contributed by atoms with Crippen molar-refractivity contribution in [2.24, 2.45) is 0 Å². The molecular formula is C7H10F3NO3S. The Morgan fingerprint density at radius 2 is 1.87 bits per heavy atom. The fraction of sp³-hybridized carbons (Fsp3) is 0.714. The van der Waals surface area contributed by atoms with Gasteiger partial charge in [0, 0.05) is 18.1 Å². The predicted octanol–water partition coefficient (Wildman–Crippen LogP) is 0.873. The average Bonchev–Trinajstić information content (AvgIpc) is 2.08. The van der Waals surface area contributed by atoms with Crippen molar-refractivity contribution in [1.82, 2.24) is 5.32 Å². The molecule has 0 aromatic heterocycles. The van der Waals surface area contributed by atoms with Gasteiger partial charge in [-0.25, -0.2) is 0 Å². The Bertz CT molecular complexity index is 232. The molecule has 0 aliphatic heterocycles. The van der Waals surface area contributed by atoms with Crippen LogP contribution in [0.1, 0.15) is 6.42 Å². The van der Waals surface area contributed by atoms with E-state index in [0.717, 1.165) is 0 Å². The van der Waals surface area contributed by atoms with Crippen LogP contribution in [0.15, 0.2) is 0 Å². The Morgan fingerprint density at radius 1 is 1.27 bits per heavy atom. The highest BCUT2D eigenvalue weighted by Gasteiger charge is 2.38. The molecule has 0 saturated carbocycles. The third-order valence-corrected chi connectivity index (χ3v) is 2.24. The topological polar surface area (TPSA) is 66.4 Å². The molecule has 0 aromatic rings. The van der Waals surface area contributed by atoms with Crippen molar-refractivity contribution in [2.75, 3.05) is 18.1 Å². The first-order valence-electron chi connectivity index (χ1n) is 3.98. The van der Waals surface area contributed by atoms with E-state index in [0.29, 0.717) is 5.75 Å². The maximum Gasteiger partial charge on any atom is 0.471 e. The number of rotatable bonds is 6. The van der Waals surface area contributed by atoms with E-state index in [2.05, 4.69) is 0 Å². The minimum atomic E-state index is -4.86. The van der Waals surface area contributed by atoms with Gasteiger partial charge >= 0.3 is 18.1 Å². The normalized spacial score (nSPS) is 11.1. The number of carbonyl (C=O) groups excluding carboxylic acids is 1. The number of thioether (sulfide) groups is 1.